The molecule has 3 aromatic carbocycles. The first kappa shape index (κ1) is 30.9. The summed E-state index contributed by atoms with van der Waals surface area (Å²) in [6.07, 6.45) is 1.76. The molecule has 0 N–H and O–H groups in total. The molecule has 0 radical (unpaired) electrons. The second kappa shape index (κ2) is 13.4. The summed E-state index contributed by atoms with van der Waals surface area (Å²) >= 11 is 7.50. The fourth-order valence-electron chi connectivity index (χ4n) is 4.95. The van der Waals surface area contributed by atoms with Crippen molar-refractivity contribution in [3.05, 3.63) is 113 Å². The van der Waals surface area contributed by atoms with E-state index in [0.717, 1.165) is 11.1 Å². The van der Waals surface area contributed by atoms with Crippen LogP contribution in [0.2, 0.25) is 5.02 Å². The van der Waals surface area contributed by atoms with E-state index >= 15 is 0 Å². The number of thiazole rings is 1. The van der Waals surface area contributed by atoms with Crippen LogP contribution in [-0.4, -0.2) is 38.5 Å². The Bertz CT molecular complexity index is 1930. The van der Waals surface area contributed by atoms with E-state index in [1.807, 2.05) is 30.3 Å². The van der Waals surface area contributed by atoms with Crippen molar-refractivity contribution in [1.29, 1.82) is 0 Å². The van der Waals surface area contributed by atoms with Gasteiger partial charge in [0, 0.05) is 10.6 Å². The molecule has 2 heterocycles. The smallest absolute Gasteiger partial charge is 0.338 e. The molecule has 0 spiro atoms. The molecule has 1 aromatic heterocycles. The predicted molar refractivity (Wildman–Crippen MR) is 169 cm³/mol. The van der Waals surface area contributed by atoms with Gasteiger partial charge >= 0.3 is 5.97 Å². The van der Waals surface area contributed by atoms with Gasteiger partial charge in [-0.1, -0.05) is 53.3 Å². The number of aromatic nitrogens is 1. The molecule has 0 saturated carbocycles. The molecule has 0 amide bonds. The number of allylic oxidation sites excluding steroid dienone is 1. The highest BCUT2D eigenvalue weighted by Crippen LogP contribution is 2.36. The second-order valence-corrected chi connectivity index (χ2v) is 11.1. The highest BCUT2D eigenvalue weighted by atomic mass is 35.5. The lowest BCUT2D eigenvalue weighted by Gasteiger charge is -2.25. The Morgan fingerprint density at radius 3 is 2.39 bits per heavy atom. The maximum absolute atomic E-state index is 14.0. The van der Waals surface area contributed by atoms with Crippen LogP contribution in [0.4, 0.5) is 0 Å². The number of carbonyl (C=O) groups excluding carboxylic acids is 1. The molecular weight excluding hydrogens is 604 g/mol. The number of fused-ring (bicyclic) bond motifs is 1. The number of benzene rings is 3. The van der Waals surface area contributed by atoms with Crippen molar-refractivity contribution in [2.24, 2.45) is 4.99 Å². The molecule has 228 valence electrons. The molecule has 1 atom stereocenters. The summed E-state index contributed by atoms with van der Waals surface area (Å²) in [7, 11) is 4.63. The third-order valence-electron chi connectivity index (χ3n) is 7.07. The number of carbonyl (C=O) groups is 1. The lowest BCUT2D eigenvalue weighted by atomic mass is 9.95. The van der Waals surface area contributed by atoms with Crippen LogP contribution in [0.5, 0.6) is 23.0 Å². The maximum atomic E-state index is 14.0. The van der Waals surface area contributed by atoms with Gasteiger partial charge in [-0.3, -0.25) is 9.36 Å². The Labute approximate surface area is 263 Å². The molecule has 0 saturated heterocycles. The summed E-state index contributed by atoms with van der Waals surface area (Å²) in [6, 6.07) is 17.4. The zero-order valence-corrected chi connectivity index (χ0v) is 26.5. The van der Waals surface area contributed by atoms with Crippen molar-refractivity contribution >= 4 is 35.0 Å². The number of rotatable bonds is 10. The molecule has 0 bridgehead atoms. The molecule has 11 heteroatoms. The van der Waals surface area contributed by atoms with Gasteiger partial charge in [0.2, 0.25) is 0 Å². The molecule has 0 aliphatic carbocycles. The first-order chi connectivity index (χ1) is 21.3. The van der Waals surface area contributed by atoms with Crippen molar-refractivity contribution in [2.45, 2.75) is 26.5 Å². The molecule has 4 aromatic rings. The third kappa shape index (κ3) is 6.09. The highest BCUT2D eigenvalue weighted by Gasteiger charge is 2.34. The average Bonchev–Trinajstić information content (AvgIpc) is 3.33. The number of ether oxygens (including phenoxy) is 5. The van der Waals surface area contributed by atoms with E-state index in [4.69, 9.17) is 35.3 Å². The van der Waals surface area contributed by atoms with E-state index in [9.17, 15) is 9.59 Å². The van der Waals surface area contributed by atoms with Gasteiger partial charge in [-0.25, -0.2) is 9.79 Å². The number of halogens is 1. The van der Waals surface area contributed by atoms with Crippen LogP contribution >= 0.6 is 22.9 Å². The SMILES string of the molecule is CCOC(=O)C1=C(C)N=c2s/c(=C\c3ccc(OCc4ccccc4Cl)c(OC)c3)c(=O)n2C1c1ccc(OC)c(OC)c1. The van der Waals surface area contributed by atoms with Crippen LogP contribution in [0.15, 0.2) is 81.7 Å². The summed E-state index contributed by atoms with van der Waals surface area (Å²) in [5.41, 5.74) is 2.66. The van der Waals surface area contributed by atoms with Crippen molar-refractivity contribution < 1.29 is 28.5 Å². The van der Waals surface area contributed by atoms with Crippen LogP contribution in [0.1, 0.15) is 36.6 Å². The van der Waals surface area contributed by atoms with Crippen LogP contribution < -0.4 is 33.8 Å². The number of esters is 1. The first-order valence-electron chi connectivity index (χ1n) is 13.7. The van der Waals surface area contributed by atoms with Gasteiger partial charge in [0.05, 0.1) is 49.8 Å². The van der Waals surface area contributed by atoms with Crippen molar-refractivity contribution in [3.8, 4) is 23.0 Å². The Kier molecular flexibility index (Phi) is 9.41. The Morgan fingerprint density at radius 1 is 0.977 bits per heavy atom. The lowest BCUT2D eigenvalue weighted by Crippen LogP contribution is -2.39. The molecule has 1 aliphatic heterocycles. The van der Waals surface area contributed by atoms with Crippen LogP contribution in [0.25, 0.3) is 6.08 Å². The normalized spacial score (nSPS) is 14.5. The largest absolute Gasteiger partial charge is 0.493 e. The first-order valence-corrected chi connectivity index (χ1v) is 14.9. The minimum absolute atomic E-state index is 0.179. The monoisotopic (exact) mass is 634 g/mol. The zero-order chi connectivity index (χ0) is 31.4. The van der Waals surface area contributed by atoms with Gasteiger partial charge in [0.15, 0.2) is 27.8 Å². The molecule has 9 nitrogen and oxygen atoms in total. The third-order valence-corrected chi connectivity index (χ3v) is 8.42. The molecule has 1 aliphatic rings. The Hall–Kier alpha value is -4.54. The molecule has 5 rings (SSSR count). The van der Waals surface area contributed by atoms with E-state index in [0.29, 0.717) is 48.6 Å². The average molecular weight is 635 g/mol. The summed E-state index contributed by atoms with van der Waals surface area (Å²) in [6.45, 7) is 3.92. The van der Waals surface area contributed by atoms with E-state index in [2.05, 4.69) is 4.99 Å². The topological polar surface area (TPSA) is 97.6 Å². The number of hydrogen-bond donors (Lipinski definition) is 0. The van der Waals surface area contributed by atoms with Crippen molar-refractivity contribution in [3.63, 3.8) is 0 Å². The summed E-state index contributed by atoms with van der Waals surface area (Å²) < 4.78 is 29.8. The van der Waals surface area contributed by atoms with Gasteiger partial charge < -0.3 is 23.7 Å². The lowest BCUT2D eigenvalue weighted by molar-refractivity contribution is -0.139. The summed E-state index contributed by atoms with van der Waals surface area (Å²) in [4.78, 5) is 32.3. The van der Waals surface area contributed by atoms with Crippen LogP contribution in [-0.2, 0) is 16.1 Å². The van der Waals surface area contributed by atoms with Crippen LogP contribution in [0.3, 0.4) is 0 Å². The van der Waals surface area contributed by atoms with Gasteiger partial charge in [-0.2, -0.15) is 0 Å². The van der Waals surface area contributed by atoms with Gasteiger partial charge in [-0.05, 0) is 61.4 Å². The van der Waals surface area contributed by atoms with E-state index in [-0.39, 0.29) is 24.3 Å². The standard InChI is InChI=1S/C33H31ClN2O7S/c1-6-42-32(38)29-19(2)35-33-36(30(29)21-12-14-24(39-3)27(17-21)41-5)31(37)28(44-33)16-20-11-13-25(26(15-20)40-4)43-18-22-9-7-8-10-23(22)34/h7-17,30H,6,18H2,1-5H3/b28-16-. The molecule has 0 fully saturated rings. The zero-order valence-electron chi connectivity index (χ0n) is 24.9. The van der Waals surface area contributed by atoms with Crippen molar-refractivity contribution in [2.75, 3.05) is 27.9 Å². The predicted octanol–water partition coefficient (Wildman–Crippen LogP) is 5.06. The van der Waals surface area contributed by atoms with Gasteiger partial charge in [0.25, 0.3) is 5.56 Å². The van der Waals surface area contributed by atoms with E-state index < -0.39 is 12.0 Å². The van der Waals surface area contributed by atoms with E-state index in [1.165, 1.54) is 23.0 Å². The number of nitrogens with zero attached hydrogens (tertiary/aromatic N) is 2. The Balaban J connectivity index is 1.57. The highest BCUT2D eigenvalue weighted by molar-refractivity contribution is 7.07. The summed E-state index contributed by atoms with van der Waals surface area (Å²) in [5, 5.41) is 0.617. The minimum atomic E-state index is -0.789. The van der Waals surface area contributed by atoms with Crippen LogP contribution in [0, 0.1) is 0 Å². The minimum Gasteiger partial charge on any atom is -0.493 e. The molecular formula is C33H31ClN2O7S. The number of methoxy groups -OCH3 is 3. The summed E-state index contributed by atoms with van der Waals surface area (Å²) in [5.74, 6) is 1.49. The Morgan fingerprint density at radius 2 is 1.68 bits per heavy atom. The van der Waals surface area contributed by atoms with Gasteiger partial charge in [0.1, 0.15) is 6.61 Å². The fraction of sp³-hybridized carbons (Fsp3) is 0.242. The van der Waals surface area contributed by atoms with E-state index in [1.54, 1.807) is 64.5 Å². The van der Waals surface area contributed by atoms with Crippen molar-refractivity contribution in [1.82, 2.24) is 4.57 Å². The quantitative estimate of drug-likeness (QED) is 0.225. The fourth-order valence-corrected chi connectivity index (χ4v) is 6.18. The van der Waals surface area contributed by atoms with Gasteiger partial charge in [-0.15, -0.1) is 0 Å². The second-order valence-electron chi connectivity index (χ2n) is 9.71. The maximum Gasteiger partial charge on any atom is 0.338 e. The molecule has 1 unspecified atom stereocenters. The molecule has 44 heavy (non-hydrogen) atoms. The number of hydrogen-bond acceptors (Lipinski definition) is 9.